The summed E-state index contributed by atoms with van der Waals surface area (Å²) in [6.07, 6.45) is 14.6. The van der Waals surface area contributed by atoms with E-state index < -0.39 is 12.1 Å². The van der Waals surface area contributed by atoms with Crippen molar-refractivity contribution in [3.63, 3.8) is 0 Å². The van der Waals surface area contributed by atoms with E-state index in [1.165, 1.54) is 19.3 Å². The van der Waals surface area contributed by atoms with Crippen molar-refractivity contribution in [1.29, 1.82) is 0 Å². The summed E-state index contributed by atoms with van der Waals surface area (Å²) in [6.45, 7) is 2.19. The summed E-state index contributed by atoms with van der Waals surface area (Å²) >= 11 is 0. The van der Waals surface area contributed by atoms with Crippen molar-refractivity contribution in [2.24, 2.45) is 0 Å². The highest BCUT2D eigenvalue weighted by atomic mass is 16.4. The number of benzene rings is 1. The van der Waals surface area contributed by atoms with Crippen LogP contribution in [-0.4, -0.2) is 16.2 Å². The summed E-state index contributed by atoms with van der Waals surface area (Å²) in [5.74, 6) is -0.759. The molecule has 0 aliphatic heterocycles. The Morgan fingerprint density at radius 2 is 1.83 bits per heavy atom. The average Bonchev–Trinajstić information content (AvgIpc) is 2.57. The molecule has 0 spiro atoms. The Hall–Kier alpha value is -1.87. The first kappa shape index (κ1) is 20.2. The van der Waals surface area contributed by atoms with Crippen molar-refractivity contribution in [3.05, 3.63) is 53.6 Å². The summed E-state index contributed by atoms with van der Waals surface area (Å²) in [5, 5.41) is 19.1. The first-order chi connectivity index (χ1) is 11.6. The number of hydrogen-bond acceptors (Lipinski definition) is 2. The maximum Gasteiger partial charge on any atom is 0.303 e. The zero-order valence-electron chi connectivity index (χ0n) is 14.7. The van der Waals surface area contributed by atoms with Crippen LogP contribution in [0.25, 0.3) is 6.08 Å². The third-order valence-corrected chi connectivity index (χ3v) is 3.91. The SMILES string of the molecule is CCCCC/C=C/CC(O)c1ccccc1/C=C\CCCC(=O)O. The van der Waals surface area contributed by atoms with Crippen LogP contribution in [-0.2, 0) is 4.79 Å². The Labute approximate surface area is 145 Å². The van der Waals surface area contributed by atoms with Gasteiger partial charge in [0, 0.05) is 6.42 Å². The molecule has 0 aliphatic rings. The van der Waals surface area contributed by atoms with Crippen LogP contribution in [0.3, 0.4) is 0 Å². The van der Waals surface area contributed by atoms with Gasteiger partial charge in [-0.2, -0.15) is 0 Å². The molecule has 132 valence electrons. The number of rotatable bonds is 12. The minimum Gasteiger partial charge on any atom is -0.481 e. The molecule has 0 amide bonds. The van der Waals surface area contributed by atoms with Gasteiger partial charge in [-0.25, -0.2) is 0 Å². The van der Waals surface area contributed by atoms with Gasteiger partial charge in [-0.15, -0.1) is 0 Å². The van der Waals surface area contributed by atoms with Gasteiger partial charge in [0.05, 0.1) is 6.10 Å². The number of unbranched alkanes of at least 4 members (excludes halogenated alkanes) is 4. The van der Waals surface area contributed by atoms with Crippen LogP contribution in [0.5, 0.6) is 0 Å². The molecule has 1 aromatic carbocycles. The average molecular weight is 330 g/mol. The topological polar surface area (TPSA) is 57.5 Å². The van der Waals surface area contributed by atoms with Gasteiger partial charge in [0.2, 0.25) is 0 Å². The molecule has 0 heterocycles. The summed E-state index contributed by atoms with van der Waals surface area (Å²) in [4.78, 5) is 10.5. The Bertz CT molecular complexity index is 532. The molecule has 0 fully saturated rings. The molecule has 1 atom stereocenters. The van der Waals surface area contributed by atoms with E-state index >= 15 is 0 Å². The number of carbonyl (C=O) groups is 1. The van der Waals surface area contributed by atoms with E-state index in [4.69, 9.17) is 5.11 Å². The van der Waals surface area contributed by atoms with E-state index in [0.717, 1.165) is 24.0 Å². The molecule has 1 unspecified atom stereocenters. The zero-order valence-corrected chi connectivity index (χ0v) is 14.7. The molecule has 0 radical (unpaired) electrons. The largest absolute Gasteiger partial charge is 0.481 e. The van der Waals surface area contributed by atoms with Crippen molar-refractivity contribution in [3.8, 4) is 0 Å². The Morgan fingerprint density at radius 1 is 1.08 bits per heavy atom. The van der Waals surface area contributed by atoms with Gasteiger partial charge in [0.1, 0.15) is 0 Å². The molecule has 2 N–H and O–H groups in total. The van der Waals surface area contributed by atoms with Gasteiger partial charge in [-0.05, 0) is 43.2 Å². The van der Waals surface area contributed by atoms with Gasteiger partial charge in [-0.3, -0.25) is 4.79 Å². The van der Waals surface area contributed by atoms with E-state index in [9.17, 15) is 9.90 Å². The van der Waals surface area contributed by atoms with Crippen LogP contribution in [0, 0.1) is 0 Å². The second kappa shape index (κ2) is 12.5. The normalized spacial score (nSPS) is 12.9. The Morgan fingerprint density at radius 3 is 2.58 bits per heavy atom. The first-order valence-corrected chi connectivity index (χ1v) is 8.95. The zero-order chi connectivity index (χ0) is 17.6. The summed E-state index contributed by atoms with van der Waals surface area (Å²) in [5.41, 5.74) is 1.92. The molecular formula is C21H30O3. The Balaban J connectivity index is 2.51. The van der Waals surface area contributed by atoms with Gasteiger partial charge in [-0.1, -0.05) is 68.3 Å². The molecule has 3 heteroatoms. The highest BCUT2D eigenvalue weighted by Gasteiger charge is 2.08. The Kier molecular flexibility index (Phi) is 10.5. The monoisotopic (exact) mass is 330 g/mol. The lowest BCUT2D eigenvalue weighted by Crippen LogP contribution is -1.98. The van der Waals surface area contributed by atoms with Crippen molar-refractivity contribution >= 4 is 12.0 Å². The van der Waals surface area contributed by atoms with Crippen molar-refractivity contribution in [2.45, 2.75) is 64.4 Å². The van der Waals surface area contributed by atoms with Crippen LogP contribution in [0.15, 0.2) is 42.5 Å². The molecule has 0 aliphatic carbocycles. The predicted octanol–water partition coefficient (Wildman–Crippen LogP) is 5.51. The van der Waals surface area contributed by atoms with Gasteiger partial charge < -0.3 is 10.2 Å². The number of carboxylic acids is 1. The molecule has 0 bridgehead atoms. The third kappa shape index (κ3) is 8.68. The van der Waals surface area contributed by atoms with Crippen molar-refractivity contribution in [2.75, 3.05) is 0 Å². The molecule has 1 rings (SSSR count). The van der Waals surface area contributed by atoms with Crippen LogP contribution < -0.4 is 0 Å². The standard InChI is InChI=1S/C21H30O3/c1-2-3-4-5-6-9-16-20(22)19-15-12-11-14-18(19)13-8-7-10-17-21(23)24/h6,8-9,11-15,20,22H,2-5,7,10,16-17H2,1H3,(H,23,24)/b9-6+,13-8-. The van der Waals surface area contributed by atoms with Gasteiger partial charge in [0.15, 0.2) is 0 Å². The highest BCUT2D eigenvalue weighted by Crippen LogP contribution is 2.23. The molecule has 1 aromatic rings. The number of carboxylic acid groups (broad SMARTS) is 1. The van der Waals surface area contributed by atoms with Crippen LogP contribution >= 0.6 is 0 Å². The van der Waals surface area contributed by atoms with Crippen LogP contribution in [0.4, 0.5) is 0 Å². The number of aliphatic hydroxyl groups is 1. The van der Waals surface area contributed by atoms with Crippen molar-refractivity contribution < 1.29 is 15.0 Å². The lowest BCUT2D eigenvalue weighted by atomic mass is 9.99. The van der Waals surface area contributed by atoms with Crippen LogP contribution in [0.1, 0.15) is 75.5 Å². The van der Waals surface area contributed by atoms with E-state index in [2.05, 4.69) is 19.1 Å². The second-order valence-electron chi connectivity index (χ2n) is 6.04. The van der Waals surface area contributed by atoms with Gasteiger partial charge in [0.25, 0.3) is 0 Å². The number of aliphatic hydroxyl groups excluding tert-OH is 1. The fraction of sp³-hybridized carbons (Fsp3) is 0.476. The summed E-state index contributed by atoms with van der Waals surface area (Å²) in [7, 11) is 0. The second-order valence-corrected chi connectivity index (χ2v) is 6.04. The molecule has 3 nitrogen and oxygen atoms in total. The molecule has 0 saturated carbocycles. The maximum atomic E-state index is 10.5. The number of aliphatic carboxylic acids is 1. The number of hydrogen-bond donors (Lipinski definition) is 2. The third-order valence-electron chi connectivity index (χ3n) is 3.91. The molecule has 24 heavy (non-hydrogen) atoms. The van der Waals surface area contributed by atoms with Gasteiger partial charge >= 0.3 is 5.97 Å². The minimum absolute atomic E-state index is 0.192. The quantitative estimate of drug-likeness (QED) is 0.392. The smallest absolute Gasteiger partial charge is 0.303 e. The highest BCUT2D eigenvalue weighted by molar-refractivity contribution is 5.66. The lowest BCUT2D eigenvalue weighted by molar-refractivity contribution is -0.137. The lowest BCUT2D eigenvalue weighted by Gasteiger charge is -2.12. The number of allylic oxidation sites excluding steroid dienone is 2. The molecule has 0 saturated heterocycles. The minimum atomic E-state index is -0.759. The van der Waals surface area contributed by atoms with E-state index in [1.54, 1.807) is 0 Å². The molecular weight excluding hydrogens is 300 g/mol. The predicted molar refractivity (Wildman–Crippen MR) is 99.8 cm³/mol. The van der Waals surface area contributed by atoms with Crippen LogP contribution in [0.2, 0.25) is 0 Å². The summed E-state index contributed by atoms with van der Waals surface area (Å²) < 4.78 is 0. The molecule has 0 aromatic heterocycles. The maximum absolute atomic E-state index is 10.5. The van der Waals surface area contributed by atoms with E-state index in [1.807, 2.05) is 36.4 Å². The van der Waals surface area contributed by atoms with E-state index in [-0.39, 0.29) is 6.42 Å². The van der Waals surface area contributed by atoms with Crippen molar-refractivity contribution in [1.82, 2.24) is 0 Å². The summed E-state index contributed by atoms with van der Waals surface area (Å²) in [6, 6.07) is 7.82. The fourth-order valence-electron chi connectivity index (χ4n) is 2.53. The first-order valence-electron chi connectivity index (χ1n) is 8.95. The fourth-order valence-corrected chi connectivity index (χ4v) is 2.53. The van der Waals surface area contributed by atoms with E-state index in [0.29, 0.717) is 12.8 Å².